The molecule has 1 atom stereocenters. The van der Waals surface area contributed by atoms with Crippen LogP contribution >= 0.6 is 11.6 Å². The molecule has 2 rings (SSSR count). The summed E-state index contributed by atoms with van der Waals surface area (Å²) in [5.41, 5.74) is 0.397. The zero-order chi connectivity index (χ0) is 18.6. The zero-order valence-electron chi connectivity index (χ0n) is 13.1. The number of methoxy groups -OCH3 is 1. The molecule has 2 aromatic carbocycles. The van der Waals surface area contributed by atoms with E-state index in [0.29, 0.717) is 5.56 Å². The number of hydrogen-bond acceptors (Lipinski definition) is 5. The molecule has 2 N–H and O–H groups in total. The van der Waals surface area contributed by atoms with Crippen LogP contribution in [0.3, 0.4) is 0 Å². The van der Waals surface area contributed by atoms with E-state index in [2.05, 4.69) is 9.46 Å². The molecule has 0 saturated heterocycles. The molecule has 134 valence electrons. The lowest BCUT2D eigenvalue weighted by atomic mass is 10.1. The van der Waals surface area contributed by atoms with Crippen LogP contribution in [0.5, 0.6) is 5.75 Å². The quantitative estimate of drug-likeness (QED) is 0.741. The molecular formula is C16H15ClFNO5S. The predicted molar refractivity (Wildman–Crippen MR) is 89.3 cm³/mol. The first kappa shape index (κ1) is 19.2. The van der Waals surface area contributed by atoms with Gasteiger partial charge in [-0.25, -0.2) is 12.8 Å². The molecule has 0 saturated carbocycles. The number of halogens is 2. The van der Waals surface area contributed by atoms with Crippen molar-refractivity contribution in [1.82, 2.24) is 4.72 Å². The van der Waals surface area contributed by atoms with E-state index < -0.39 is 38.5 Å². The Balaban J connectivity index is 2.33. The molecule has 0 spiro atoms. The summed E-state index contributed by atoms with van der Waals surface area (Å²) in [5.74, 6) is -2.00. The molecule has 0 aromatic heterocycles. The number of phenolic OH excluding ortho intramolecular Hbond substituents is 1. The van der Waals surface area contributed by atoms with Crippen molar-refractivity contribution in [2.24, 2.45) is 0 Å². The van der Waals surface area contributed by atoms with E-state index >= 15 is 0 Å². The molecule has 9 heteroatoms. The Morgan fingerprint density at radius 2 is 2.00 bits per heavy atom. The van der Waals surface area contributed by atoms with E-state index in [1.165, 1.54) is 30.3 Å². The Morgan fingerprint density at radius 3 is 2.64 bits per heavy atom. The first-order valence-electron chi connectivity index (χ1n) is 7.06. The first-order valence-corrected chi connectivity index (χ1v) is 8.93. The fourth-order valence-electron chi connectivity index (χ4n) is 2.18. The maximum atomic E-state index is 13.3. The van der Waals surface area contributed by atoms with Crippen LogP contribution in [0.4, 0.5) is 4.39 Å². The molecule has 0 amide bonds. The van der Waals surface area contributed by atoms with Gasteiger partial charge in [0.15, 0.2) is 5.75 Å². The Labute approximate surface area is 149 Å². The lowest BCUT2D eigenvalue weighted by Gasteiger charge is -2.17. The number of ether oxygens (including phenoxy) is 1. The molecule has 25 heavy (non-hydrogen) atoms. The molecule has 0 bridgehead atoms. The van der Waals surface area contributed by atoms with Crippen molar-refractivity contribution in [2.75, 3.05) is 7.11 Å². The summed E-state index contributed by atoms with van der Waals surface area (Å²) in [7, 11) is -3.17. The van der Waals surface area contributed by atoms with Gasteiger partial charge >= 0.3 is 5.97 Å². The van der Waals surface area contributed by atoms with Crippen molar-refractivity contribution >= 4 is 27.6 Å². The van der Waals surface area contributed by atoms with Crippen molar-refractivity contribution < 1.29 is 27.4 Å². The fraction of sp³-hybridized carbons (Fsp3) is 0.188. The Bertz CT molecular complexity index is 888. The number of esters is 1. The van der Waals surface area contributed by atoms with Crippen LogP contribution in [0.2, 0.25) is 5.02 Å². The summed E-state index contributed by atoms with van der Waals surface area (Å²) < 4.78 is 45.0. The van der Waals surface area contributed by atoms with Gasteiger partial charge < -0.3 is 9.84 Å². The van der Waals surface area contributed by atoms with Crippen LogP contribution in [0.1, 0.15) is 5.56 Å². The number of hydrogen-bond donors (Lipinski definition) is 2. The molecule has 0 aliphatic heterocycles. The third-order valence-electron chi connectivity index (χ3n) is 3.35. The number of phenols is 1. The van der Waals surface area contributed by atoms with E-state index in [9.17, 15) is 22.7 Å². The van der Waals surface area contributed by atoms with Crippen molar-refractivity contribution in [2.45, 2.75) is 17.4 Å². The molecule has 0 aliphatic rings. The number of rotatable bonds is 6. The van der Waals surface area contributed by atoms with Gasteiger partial charge in [0.1, 0.15) is 16.8 Å². The summed E-state index contributed by atoms with van der Waals surface area (Å²) in [6.45, 7) is 0. The minimum Gasteiger partial charge on any atom is -0.505 e. The van der Waals surface area contributed by atoms with Gasteiger partial charge in [0.25, 0.3) is 0 Å². The number of nitrogens with one attached hydrogen (secondary N) is 1. The molecule has 0 aliphatic carbocycles. The molecule has 6 nitrogen and oxygen atoms in total. The van der Waals surface area contributed by atoms with Gasteiger partial charge in [0, 0.05) is 0 Å². The second kappa shape index (κ2) is 7.81. The number of aromatic hydroxyl groups is 1. The summed E-state index contributed by atoms with van der Waals surface area (Å²) in [6.07, 6.45) is -0.134. The van der Waals surface area contributed by atoms with Gasteiger partial charge in [-0.2, -0.15) is 4.72 Å². The Kier molecular flexibility index (Phi) is 5.99. The molecule has 1 unspecified atom stereocenters. The molecular weight excluding hydrogens is 373 g/mol. The average Bonchev–Trinajstić information content (AvgIpc) is 2.55. The van der Waals surface area contributed by atoms with Crippen LogP contribution in [0.15, 0.2) is 47.4 Å². The van der Waals surface area contributed by atoms with Crippen molar-refractivity contribution in [1.29, 1.82) is 0 Å². The third-order valence-corrected chi connectivity index (χ3v) is 5.16. The third kappa shape index (κ3) is 4.68. The first-order chi connectivity index (χ1) is 11.7. The van der Waals surface area contributed by atoms with Gasteiger partial charge in [-0.1, -0.05) is 29.8 Å². The average molecular weight is 388 g/mol. The van der Waals surface area contributed by atoms with E-state index in [1.807, 2.05) is 0 Å². The van der Waals surface area contributed by atoms with E-state index in [1.54, 1.807) is 6.07 Å². The number of para-hydroxylation sites is 1. The van der Waals surface area contributed by atoms with Crippen LogP contribution < -0.4 is 4.72 Å². The summed E-state index contributed by atoms with van der Waals surface area (Å²) >= 11 is 5.72. The SMILES string of the molecule is COC(=O)C(Cc1cccc(F)c1)NS(=O)(=O)c1cccc(Cl)c1O. The van der Waals surface area contributed by atoms with Crippen LogP contribution in [-0.2, 0) is 26.0 Å². The smallest absolute Gasteiger partial charge is 0.324 e. The van der Waals surface area contributed by atoms with Gasteiger partial charge in [0.2, 0.25) is 10.0 Å². The van der Waals surface area contributed by atoms with E-state index in [-0.39, 0.29) is 11.4 Å². The molecule has 0 heterocycles. The summed E-state index contributed by atoms with van der Waals surface area (Å²) in [6, 6.07) is 7.89. The second-order valence-electron chi connectivity index (χ2n) is 5.12. The lowest BCUT2D eigenvalue weighted by Crippen LogP contribution is -2.43. The molecule has 0 radical (unpaired) electrons. The Hall–Kier alpha value is -2.16. The standard InChI is InChI=1S/C16H15ClFNO5S/c1-24-16(21)13(9-10-4-2-5-11(18)8-10)19-25(22,23)14-7-3-6-12(17)15(14)20/h2-8,13,19-20H,9H2,1H3. The van der Waals surface area contributed by atoms with Gasteiger partial charge in [-0.15, -0.1) is 0 Å². The number of carbonyl (C=O) groups is 1. The number of sulfonamides is 1. The normalized spacial score (nSPS) is 12.6. The highest BCUT2D eigenvalue weighted by Crippen LogP contribution is 2.30. The molecule has 0 fully saturated rings. The van der Waals surface area contributed by atoms with Gasteiger partial charge in [0.05, 0.1) is 12.1 Å². The largest absolute Gasteiger partial charge is 0.505 e. The molecule has 2 aromatic rings. The topological polar surface area (TPSA) is 92.7 Å². The summed E-state index contributed by atoms with van der Waals surface area (Å²) in [4.78, 5) is 11.5. The zero-order valence-corrected chi connectivity index (χ0v) is 14.6. The van der Waals surface area contributed by atoms with Crippen molar-refractivity contribution in [3.63, 3.8) is 0 Å². The van der Waals surface area contributed by atoms with Crippen LogP contribution in [0.25, 0.3) is 0 Å². The monoisotopic (exact) mass is 387 g/mol. The summed E-state index contributed by atoms with van der Waals surface area (Å²) in [5, 5.41) is 9.70. The highest BCUT2D eigenvalue weighted by atomic mass is 35.5. The predicted octanol–water partition coefficient (Wildman–Crippen LogP) is 2.25. The number of benzene rings is 2. The fourth-order valence-corrected chi connectivity index (χ4v) is 3.71. The van der Waals surface area contributed by atoms with Crippen LogP contribution in [0, 0.1) is 5.82 Å². The van der Waals surface area contributed by atoms with E-state index in [4.69, 9.17) is 11.6 Å². The maximum absolute atomic E-state index is 13.3. The lowest BCUT2D eigenvalue weighted by molar-refractivity contribution is -0.142. The van der Waals surface area contributed by atoms with Crippen molar-refractivity contribution in [3.8, 4) is 5.75 Å². The second-order valence-corrected chi connectivity index (χ2v) is 7.21. The van der Waals surface area contributed by atoms with E-state index in [0.717, 1.165) is 13.2 Å². The minimum absolute atomic E-state index is 0.134. The van der Waals surface area contributed by atoms with Gasteiger partial charge in [-0.05, 0) is 36.2 Å². The Morgan fingerprint density at radius 1 is 1.32 bits per heavy atom. The highest BCUT2D eigenvalue weighted by Gasteiger charge is 2.29. The van der Waals surface area contributed by atoms with Gasteiger partial charge in [-0.3, -0.25) is 4.79 Å². The maximum Gasteiger partial charge on any atom is 0.324 e. The minimum atomic E-state index is -4.28. The highest BCUT2D eigenvalue weighted by molar-refractivity contribution is 7.89. The van der Waals surface area contributed by atoms with Crippen molar-refractivity contribution in [3.05, 3.63) is 58.9 Å². The van der Waals surface area contributed by atoms with Crippen LogP contribution in [-0.4, -0.2) is 32.6 Å². The number of carbonyl (C=O) groups excluding carboxylic acids is 1.